The Labute approximate surface area is 140 Å². The SMILES string of the molecule is C.CCCCC1(CCCC)CCC2(CCN(N(C)C)C2)CC1. The lowest BCUT2D eigenvalue weighted by molar-refractivity contribution is 0.0138. The van der Waals surface area contributed by atoms with Crippen molar-refractivity contribution in [3.63, 3.8) is 0 Å². The van der Waals surface area contributed by atoms with Gasteiger partial charge in [-0.05, 0) is 55.8 Å². The third kappa shape index (κ3) is 4.71. The molecule has 1 heterocycles. The molecule has 0 atom stereocenters. The maximum absolute atomic E-state index is 2.56. The maximum atomic E-state index is 2.56. The van der Waals surface area contributed by atoms with Gasteiger partial charge in [-0.25, -0.2) is 10.0 Å². The molecule has 132 valence electrons. The Morgan fingerprint density at radius 1 is 0.864 bits per heavy atom. The highest BCUT2D eigenvalue weighted by Gasteiger charge is 2.45. The monoisotopic (exact) mass is 310 g/mol. The van der Waals surface area contributed by atoms with Crippen molar-refractivity contribution in [2.24, 2.45) is 10.8 Å². The van der Waals surface area contributed by atoms with Crippen molar-refractivity contribution in [3.05, 3.63) is 0 Å². The van der Waals surface area contributed by atoms with E-state index >= 15 is 0 Å². The molecule has 1 saturated heterocycles. The Kier molecular flexibility index (Phi) is 7.88. The van der Waals surface area contributed by atoms with Crippen molar-refractivity contribution in [1.82, 2.24) is 10.0 Å². The van der Waals surface area contributed by atoms with E-state index in [1.54, 1.807) is 0 Å². The molecule has 0 bridgehead atoms. The smallest absolute Gasteiger partial charge is 0.0190 e. The Morgan fingerprint density at radius 2 is 1.41 bits per heavy atom. The lowest BCUT2D eigenvalue weighted by Crippen LogP contribution is -2.40. The molecule has 0 N–H and O–H groups in total. The van der Waals surface area contributed by atoms with Crippen molar-refractivity contribution in [3.8, 4) is 0 Å². The number of nitrogens with zero attached hydrogens (tertiary/aromatic N) is 2. The van der Waals surface area contributed by atoms with Crippen LogP contribution in [0.25, 0.3) is 0 Å². The molecule has 2 fully saturated rings. The summed E-state index contributed by atoms with van der Waals surface area (Å²) in [6.45, 7) is 7.30. The molecular weight excluding hydrogens is 268 g/mol. The fraction of sp³-hybridized carbons (Fsp3) is 1.00. The number of hydrazine groups is 1. The van der Waals surface area contributed by atoms with E-state index in [2.05, 4.69) is 38.0 Å². The first kappa shape index (κ1) is 20.0. The molecule has 1 spiro atoms. The van der Waals surface area contributed by atoms with Gasteiger partial charge in [-0.2, -0.15) is 0 Å². The van der Waals surface area contributed by atoms with Crippen LogP contribution in [0.4, 0.5) is 0 Å². The van der Waals surface area contributed by atoms with Gasteiger partial charge in [-0.1, -0.05) is 47.0 Å². The van der Waals surface area contributed by atoms with Gasteiger partial charge in [-0.15, -0.1) is 0 Å². The molecule has 2 rings (SSSR count). The Morgan fingerprint density at radius 3 is 1.82 bits per heavy atom. The summed E-state index contributed by atoms with van der Waals surface area (Å²) in [7, 11) is 4.41. The second kappa shape index (κ2) is 8.68. The van der Waals surface area contributed by atoms with Crippen LogP contribution < -0.4 is 0 Å². The minimum Gasteiger partial charge on any atom is -0.248 e. The summed E-state index contributed by atoms with van der Waals surface area (Å²) in [5.41, 5.74) is 1.37. The van der Waals surface area contributed by atoms with Gasteiger partial charge in [-0.3, -0.25) is 0 Å². The third-order valence-electron chi connectivity index (χ3n) is 6.48. The fourth-order valence-electron chi connectivity index (χ4n) is 4.70. The van der Waals surface area contributed by atoms with Gasteiger partial charge in [0.05, 0.1) is 0 Å². The van der Waals surface area contributed by atoms with E-state index in [0.717, 1.165) is 0 Å². The zero-order valence-corrected chi connectivity index (χ0v) is 15.1. The van der Waals surface area contributed by atoms with E-state index in [0.29, 0.717) is 10.8 Å². The summed E-state index contributed by atoms with van der Waals surface area (Å²) in [5, 5.41) is 4.87. The van der Waals surface area contributed by atoms with Crippen LogP contribution >= 0.6 is 0 Å². The predicted molar refractivity (Wildman–Crippen MR) is 99.0 cm³/mol. The van der Waals surface area contributed by atoms with Crippen molar-refractivity contribution >= 4 is 0 Å². The van der Waals surface area contributed by atoms with Crippen molar-refractivity contribution in [2.75, 3.05) is 27.2 Å². The number of unbranched alkanes of at least 4 members (excludes halogenated alkanes) is 2. The molecule has 2 nitrogen and oxygen atoms in total. The first-order valence-electron chi connectivity index (χ1n) is 9.47. The average Bonchev–Trinajstić information content (AvgIpc) is 2.91. The Hall–Kier alpha value is -0.0800. The van der Waals surface area contributed by atoms with Gasteiger partial charge in [0.1, 0.15) is 0 Å². The summed E-state index contributed by atoms with van der Waals surface area (Å²) < 4.78 is 0. The highest BCUT2D eigenvalue weighted by atomic mass is 15.6. The van der Waals surface area contributed by atoms with Crippen LogP contribution in [0.5, 0.6) is 0 Å². The van der Waals surface area contributed by atoms with Gasteiger partial charge < -0.3 is 0 Å². The molecule has 1 saturated carbocycles. The fourth-order valence-corrected chi connectivity index (χ4v) is 4.70. The maximum Gasteiger partial charge on any atom is 0.0190 e. The van der Waals surface area contributed by atoms with Crippen LogP contribution in [0.3, 0.4) is 0 Å². The zero-order chi connectivity index (χ0) is 15.3. The predicted octanol–water partition coefficient (Wildman–Crippen LogP) is 5.73. The quantitative estimate of drug-likeness (QED) is 0.592. The minimum atomic E-state index is 0. The van der Waals surface area contributed by atoms with Crippen LogP contribution in [0.15, 0.2) is 0 Å². The highest BCUT2D eigenvalue weighted by molar-refractivity contribution is 4.97. The van der Waals surface area contributed by atoms with Gasteiger partial charge >= 0.3 is 0 Å². The van der Waals surface area contributed by atoms with Crippen molar-refractivity contribution in [2.45, 2.75) is 91.9 Å². The van der Waals surface area contributed by atoms with Crippen molar-refractivity contribution < 1.29 is 0 Å². The van der Waals surface area contributed by atoms with Crippen molar-refractivity contribution in [1.29, 1.82) is 0 Å². The lowest BCUT2D eigenvalue weighted by atomic mass is 9.60. The van der Waals surface area contributed by atoms with E-state index in [-0.39, 0.29) is 7.43 Å². The van der Waals surface area contributed by atoms with E-state index in [4.69, 9.17) is 0 Å². The Bertz CT molecular complexity index is 293. The van der Waals surface area contributed by atoms with E-state index in [9.17, 15) is 0 Å². The Balaban J connectivity index is 0.00000242. The summed E-state index contributed by atoms with van der Waals surface area (Å²) in [4.78, 5) is 0. The lowest BCUT2D eigenvalue weighted by Gasteiger charge is -2.46. The average molecular weight is 311 g/mol. The van der Waals surface area contributed by atoms with Crippen LogP contribution in [0.2, 0.25) is 0 Å². The third-order valence-corrected chi connectivity index (χ3v) is 6.48. The largest absolute Gasteiger partial charge is 0.248 e. The highest BCUT2D eigenvalue weighted by Crippen LogP contribution is 2.53. The number of rotatable bonds is 7. The molecular formula is C20H42N2. The molecule has 0 radical (unpaired) electrons. The second-order valence-corrected chi connectivity index (χ2v) is 8.19. The van der Waals surface area contributed by atoms with E-state index in [1.165, 1.54) is 83.7 Å². The molecule has 0 unspecified atom stereocenters. The molecule has 2 heteroatoms. The second-order valence-electron chi connectivity index (χ2n) is 8.19. The zero-order valence-electron chi connectivity index (χ0n) is 15.1. The van der Waals surface area contributed by atoms with Gasteiger partial charge in [0.25, 0.3) is 0 Å². The van der Waals surface area contributed by atoms with E-state index < -0.39 is 0 Å². The molecule has 1 aliphatic carbocycles. The first-order chi connectivity index (χ1) is 10.0. The summed E-state index contributed by atoms with van der Waals surface area (Å²) in [6, 6.07) is 0. The molecule has 0 aromatic heterocycles. The summed E-state index contributed by atoms with van der Waals surface area (Å²) in [6.07, 6.45) is 16.1. The first-order valence-corrected chi connectivity index (χ1v) is 9.47. The standard InChI is InChI=1S/C19H38N2.CH4/c1-5-7-9-18(10-8-6-2)11-13-19(14-12-18)15-16-21(17-19)20(3)4;/h5-17H2,1-4H3;1H4. The van der Waals surface area contributed by atoms with E-state index in [1.807, 2.05) is 0 Å². The minimum absolute atomic E-state index is 0. The normalized spacial score (nSPS) is 23.9. The van der Waals surface area contributed by atoms with Crippen LogP contribution in [0.1, 0.15) is 91.9 Å². The number of hydrogen-bond acceptors (Lipinski definition) is 2. The molecule has 0 amide bonds. The van der Waals surface area contributed by atoms with Gasteiger partial charge in [0, 0.05) is 27.2 Å². The molecule has 0 aromatic rings. The topological polar surface area (TPSA) is 6.48 Å². The molecule has 1 aliphatic heterocycles. The molecule has 0 aromatic carbocycles. The van der Waals surface area contributed by atoms with Crippen LogP contribution in [-0.4, -0.2) is 37.2 Å². The van der Waals surface area contributed by atoms with Crippen LogP contribution in [0, 0.1) is 10.8 Å². The summed E-state index contributed by atoms with van der Waals surface area (Å²) in [5.74, 6) is 0. The van der Waals surface area contributed by atoms with Crippen LogP contribution in [-0.2, 0) is 0 Å². The molecule has 22 heavy (non-hydrogen) atoms. The summed E-state index contributed by atoms with van der Waals surface area (Å²) >= 11 is 0. The molecule has 2 aliphatic rings. The number of hydrogen-bond donors (Lipinski definition) is 0. The van der Waals surface area contributed by atoms with Gasteiger partial charge in [0.2, 0.25) is 0 Å². The van der Waals surface area contributed by atoms with Gasteiger partial charge in [0.15, 0.2) is 0 Å².